The number of thioether (sulfide) groups is 1. The van der Waals surface area contributed by atoms with Crippen LogP contribution in [0.5, 0.6) is 0 Å². The molecule has 2 amide bonds. The monoisotopic (exact) mass is 346 g/mol. The molecule has 1 aromatic rings. The number of hydrogen-bond acceptors (Lipinski definition) is 3. The number of rotatable bonds is 6. The number of amides is 2. The highest BCUT2D eigenvalue weighted by Gasteiger charge is 2.29. The molecule has 1 saturated heterocycles. The Morgan fingerprint density at radius 3 is 2.50 bits per heavy atom. The number of anilines is 1. The second-order valence-corrected chi connectivity index (χ2v) is 8.16. The van der Waals surface area contributed by atoms with Crippen LogP contribution in [0.2, 0.25) is 0 Å². The van der Waals surface area contributed by atoms with E-state index in [-0.39, 0.29) is 11.8 Å². The van der Waals surface area contributed by atoms with E-state index in [1.165, 1.54) is 12.8 Å². The van der Waals surface area contributed by atoms with E-state index >= 15 is 0 Å². The Morgan fingerprint density at radius 2 is 1.88 bits per heavy atom. The molecule has 3 rings (SSSR count). The number of nitrogens with one attached hydrogen (secondary N) is 1. The molecular formula is C19H26N2O2S. The number of carbonyl (C=O) groups excluding carboxylic acids is 2. The van der Waals surface area contributed by atoms with Crippen LogP contribution in [0.3, 0.4) is 0 Å². The first kappa shape index (κ1) is 17.3. The van der Waals surface area contributed by atoms with Crippen LogP contribution in [0.1, 0.15) is 31.7 Å². The molecule has 1 saturated carbocycles. The van der Waals surface area contributed by atoms with Crippen molar-refractivity contribution in [3.05, 3.63) is 29.8 Å². The Hall–Kier alpha value is -1.49. The van der Waals surface area contributed by atoms with Crippen LogP contribution in [0.15, 0.2) is 24.3 Å². The van der Waals surface area contributed by atoms with Crippen molar-refractivity contribution < 1.29 is 9.59 Å². The molecule has 0 radical (unpaired) electrons. The van der Waals surface area contributed by atoms with Crippen LogP contribution >= 0.6 is 11.8 Å². The van der Waals surface area contributed by atoms with Gasteiger partial charge < -0.3 is 10.2 Å². The topological polar surface area (TPSA) is 49.4 Å². The first-order valence-corrected chi connectivity index (χ1v) is 10.0. The first-order valence-electron chi connectivity index (χ1n) is 8.86. The van der Waals surface area contributed by atoms with Crippen molar-refractivity contribution in [3.63, 3.8) is 0 Å². The molecule has 1 N–H and O–H groups in total. The standard InChI is InChI=1S/C19H26N2O2S/c1-14(16-4-5-16)12-18(22)20-17-6-2-15(3-7-17)13-19(23)21-8-10-24-11-9-21/h2-3,6-7,14,16H,4-5,8-13H2,1H3,(H,20,22). The van der Waals surface area contributed by atoms with Crippen LogP contribution < -0.4 is 5.32 Å². The van der Waals surface area contributed by atoms with E-state index in [0.717, 1.165) is 41.8 Å². The fourth-order valence-corrected chi connectivity index (χ4v) is 4.04. The lowest BCUT2D eigenvalue weighted by atomic mass is 10.0. The Morgan fingerprint density at radius 1 is 1.21 bits per heavy atom. The second-order valence-electron chi connectivity index (χ2n) is 6.93. The lowest BCUT2D eigenvalue weighted by molar-refractivity contribution is -0.130. The molecule has 2 fully saturated rings. The predicted molar refractivity (Wildman–Crippen MR) is 99.2 cm³/mol. The summed E-state index contributed by atoms with van der Waals surface area (Å²) in [6.07, 6.45) is 3.58. The van der Waals surface area contributed by atoms with E-state index in [9.17, 15) is 9.59 Å². The maximum absolute atomic E-state index is 12.3. The van der Waals surface area contributed by atoms with Gasteiger partial charge in [-0.2, -0.15) is 11.8 Å². The number of carbonyl (C=O) groups is 2. The highest BCUT2D eigenvalue weighted by Crippen LogP contribution is 2.38. The molecule has 0 aromatic heterocycles. The first-order chi connectivity index (χ1) is 11.6. The largest absolute Gasteiger partial charge is 0.341 e. The van der Waals surface area contributed by atoms with E-state index in [4.69, 9.17) is 0 Å². The Kier molecular flexibility index (Phi) is 5.82. The lowest BCUT2D eigenvalue weighted by Gasteiger charge is -2.26. The molecule has 4 nitrogen and oxygen atoms in total. The van der Waals surface area contributed by atoms with Crippen molar-refractivity contribution >= 4 is 29.3 Å². The van der Waals surface area contributed by atoms with Gasteiger partial charge in [-0.3, -0.25) is 9.59 Å². The zero-order valence-corrected chi connectivity index (χ0v) is 15.1. The predicted octanol–water partition coefficient (Wildman–Crippen LogP) is 3.18. The Bertz CT molecular complexity index is 578. The normalized spacial score (nSPS) is 19.0. The summed E-state index contributed by atoms with van der Waals surface area (Å²) in [6.45, 7) is 3.87. The summed E-state index contributed by atoms with van der Waals surface area (Å²) < 4.78 is 0. The van der Waals surface area contributed by atoms with Crippen molar-refractivity contribution in [2.45, 2.75) is 32.6 Å². The zero-order chi connectivity index (χ0) is 16.9. The number of benzene rings is 1. The molecule has 1 heterocycles. The molecule has 1 aliphatic heterocycles. The van der Waals surface area contributed by atoms with Gasteiger partial charge in [-0.25, -0.2) is 0 Å². The van der Waals surface area contributed by atoms with E-state index < -0.39 is 0 Å². The second kappa shape index (κ2) is 8.06. The van der Waals surface area contributed by atoms with E-state index in [1.807, 2.05) is 40.9 Å². The Labute approximate surface area is 148 Å². The van der Waals surface area contributed by atoms with Crippen LogP contribution in [0.4, 0.5) is 5.69 Å². The van der Waals surface area contributed by atoms with Gasteiger partial charge in [0.25, 0.3) is 0 Å². The zero-order valence-electron chi connectivity index (χ0n) is 14.3. The maximum Gasteiger partial charge on any atom is 0.227 e. The summed E-state index contributed by atoms with van der Waals surface area (Å²) in [5.41, 5.74) is 1.82. The number of nitrogens with zero attached hydrogens (tertiary/aromatic N) is 1. The minimum absolute atomic E-state index is 0.0871. The molecule has 1 aromatic carbocycles. The van der Waals surface area contributed by atoms with Gasteiger partial charge in [0.2, 0.25) is 11.8 Å². The molecule has 0 spiro atoms. The van der Waals surface area contributed by atoms with E-state index in [2.05, 4.69) is 12.2 Å². The lowest BCUT2D eigenvalue weighted by Crippen LogP contribution is -2.38. The smallest absolute Gasteiger partial charge is 0.227 e. The van der Waals surface area contributed by atoms with Gasteiger partial charge in [0.15, 0.2) is 0 Å². The fraction of sp³-hybridized carbons (Fsp3) is 0.579. The quantitative estimate of drug-likeness (QED) is 0.861. The maximum atomic E-state index is 12.3. The minimum Gasteiger partial charge on any atom is -0.341 e. The van der Waals surface area contributed by atoms with Gasteiger partial charge in [-0.1, -0.05) is 19.1 Å². The third kappa shape index (κ3) is 5.00. The highest BCUT2D eigenvalue weighted by molar-refractivity contribution is 7.99. The molecule has 1 unspecified atom stereocenters. The molecule has 1 atom stereocenters. The average Bonchev–Trinajstić information content (AvgIpc) is 3.42. The summed E-state index contributed by atoms with van der Waals surface area (Å²) in [7, 11) is 0. The molecule has 24 heavy (non-hydrogen) atoms. The van der Waals surface area contributed by atoms with Crippen molar-refractivity contribution in [2.24, 2.45) is 11.8 Å². The molecule has 130 valence electrons. The van der Waals surface area contributed by atoms with Crippen LogP contribution in [-0.2, 0) is 16.0 Å². The van der Waals surface area contributed by atoms with Gasteiger partial charge in [0, 0.05) is 36.7 Å². The third-order valence-corrected chi connectivity index (χ3v) is 5.83. The van der Waals surface area contributed by atoms with Gasteiger partial charge in [-0.05, 0) is 42.4 Å². The summed E-state index contributed by atoms with van der Waals surface area (Å²) in [5.74, 6) is 3.59. The fourth-order valence-electron chi connectivity index (χ4n) is 3.14. The van der Waals surface area contributed by atoms with E-state index in [0.29, 0.717) is 18.8 Å². The van der Waals surface area contributed by atoms with Gasteiger partial charge in [-0.15, -0.1) is 0 Å². The molecule has 5 heteroatoms. The summed E-state index contributed by atoms with van der Waals surface area (Å²) in [6, 6.07) is 7.68. The summed E-state index contributed by atoms with van der Waals surface area (Å²) >= 11 is 1.91. The van der Waals surface area contributed by atoms with Crippen LogP contribution in [-0.4, -0.2) is 41.3 Å². The summed E-state index contributed by atoms with van der Waals surface area (Å²) in [4.78, 5) is 26.3. The molecular weight excluding hydrogens is 320 g/mol. The average molecular weight is 346 g/mol. The van der Waals surface area contributed by atoms with Crippen molar-refractivity contribution in [1.82, 2.24) is 4.90 Å². The molecule has 2 aliphatic rings. The van der Waals surface area contributed by atoms with Crippen molar-refractivity contribution in [3.8, 4) is 0 Å². The van der Waals surface area contributed by atoms with Gasteiger partial charge in [0.1, 0.15) is 0 Å². The van der Waals surface area contributed by atoms with Crippen LogP contribution in [0, 0.1) is 11.8 Å². The van der Waals surface area contributed by atoms with Crippen molar-refractivity contribution in [2.75, 3.05) is 29.9 Å². The molecule has 0 bridgehead atoms. The third-order valence-electron chi connectivity index (χ3n) is 4.89. The van der Waals surface area contributed by atoms with Crippen LogP contribution in [0.25, 0.3) is 0 Å². The van der Waals surface area contributed by atoms with Crippen molar-refractivity contribution in [1.29, 1.82) is 0 Å². The minimum atomic E-state index is 0.0871. The highest BCUT2D eigenvalue weighted by atomic mass is 32.2. The van der Waals surface area contributed by atoms with E-state index in [1.54, 1.807) is 0 Å². The SMILES string of the molecule is CC(CC(=O)Nc1ccc(CC(=O)N2CCSCC2)cc1)C1CC1. The Balaban J connectivity index is 1.47. The number of hydrogen-bond donors (Lipinski definition) is 1. The molecule has 1 aliphatic carbocycles. The summed E-state index contributed by atoms with van der Waals surface area (Å²) in [5, 5.41) is 2.96. The van der Waals surface area contributed by atoms with Gasteiger partial charge >= 0.3 is 0 Å². The van der Waals surface area contributed by atoms with Gasteiger partial charge in [0.05, 0.1) is 6.42 Å².